The van der Waals surface area contributed by atoms with Gasteiger partial charge in [-0.15, -0.1) is 0 Å². The Balaban J connectivity index is 1.99. The summed E-state index contributed by atoms with van der Waals surface area (Å²) in [7, 11) is 0. The molecule has 0 aliphatic rings. The maximum absolute atomic E-state index is 5.91. The molecule has 1 unspecified atom stereocenters. The van der Waals surface area contributed by atoms with Gasteiger partial charge in [0.2, 0.25) is 0 Å². The molecule has 0 spiro atoms. The monoisotopic (exact) mass is 227 g/mol. The van der Waals surface area contributed by atoms with Crippen LogP contribution in [0.4, 0.5) is 5.69 Å². The third-order valence-corrected chi connectivity index (χ3v) is 2.81. The van der Waals surface area contributed by atoms with Crippen molar-refractivity contribution in [3.8, 4) is 0 Å². The molecule has 2 rings (SSSR count). The fourth-order valence-electron chi connectivity index (χ4n) is 1.76. The molecule has 2 aromatic rings. The van der Waals surface area contributed by atoms with Crippen LogP contribution in [0.25, 0.3) is 0 Å². The Kier molecular flexibility index (Phi) is 3.73. The maximum atomic E-state index is 5.91. The van der Waals surface area contributed by atoms with Gasteiger partial charge >= 0.3 is 0 Å². The fourth-order valence-corrected chi connectivity index (χ4v) is 1.76. The molecule has 3 N–H and O–H groups in total. The van der Waals surface area contributed by atoms with Gasteiger partial charge in [-0.1, -0.05) is 30.3 Å². The molecule has 0 radical (unpaired) electrons. The van der Waals surface area contributed by atoms with E-state index in [2.05, 4.69) is 29.4 Å². The Morgan fingerprint density at radius 3 is 2.71 bits per heavy atom. The van der Waals surface area contributed by atoms with Gasteiger partial charge < -0.3 is 11.1 Å². The van der Waals surface area contributed by atoms with E-state index in [1.165, 1.54) is 5.56 Å². The first kappa shape index (κ1) is 11.6. The second kappa shape index (κ2) is 5.46. The Morgan fingerprint density at radius 2 is 2.00 bits per heavy atom. The lowest BCUT2D eigenvalue weighted by molar-refractivity contribution is 0.574. The number of hydrogen-bond acceptors (Lipinski definition) is 3. The summed E-state index contributed by atoms with van der Waals surface area (Å²) in [6.45, 7) is 2.92. The second-order valence-corrected chi connectivity index (χ2v) is 4.09. The largest absolute Gasteiger partial charge is 0.398 e. The molecule has 1 atom stereocenters. The average molecular weight is 227 g/mol. The van der Waals surface area contributed by atoms with Crippen LogP contribution in [0.5, 0.6) is 0 Å². The number of nitrogens with one attached hydrogen (secondary N) is 1. The van der Waals surface area contributed by atoms with Crippen molar-refractivity contribution in [3.05, 3.63) is 59.9 Å². The number of rotatable bonds is 4. The van der Waals surface area contributed by atoms with Gasteiger partial charge in [0.05, 0.1) is 0 Å². The zero-order valence-electron chi connectivity index (χ0n) is 9.93. The summed E-state index contributed by atoms with van der Waals surface area (Å²) in [4.78, 5) is 4.10. The summed E-state index contributed by atoms with van der Waals surface area (Å²) in [6, 6.07) is 12.3. The number of pyridine rings is 1. The molecule has 0 bridgehead atoms. The van der Waals surface area contributed by atoms with Crippen LogP contribution in [-0.2, 0) is 6.54 Å². The molecule has 1 aromatic heterocycles. The van der Waals surface area contributed by atoms with Gasteiger partial charge in [0.1, 0.15) is 0 Å². The van der Waals surface area contributed by atoms with Crippen LogP contribution in [0.3, 0.4) is 0 Å². The van der Waals surface area contributed by atoms with E-state index < -0.39 is 0 Å². The lowest BCUT2D eigenvalue weighted by Gasteiger charge is -2.15. The van der Waals surface area contributed by atoms with Crippen molar-refractivity contribution in [2.24, 2.45) is 0 Å². The van der Waals surface area contributed by atoms with Gasteiger partial charge in [-0.2, -0.15) is 0 Å². The van der Waals surface area contributed by atoms with Crippen molar-refractivity contribution in [2.45, 2.75) is 19.5 Å². The zero-order chi connectivity index (χ0) is 12.1. The Morgan fingerprint density at radius 1 is 1.24 bits per heavy atom. The molecule has 0 amide bonds. The Bertz CT molecular complexity index is 468. The molecule has 17 heavy (non-hydrogen) atoms. The van der Waals surface area contributed by atoms with Crippen LogP contribution in [0.1, 0.15) is 24.1 Å². The number of aromatic nitrogens is 1. The second-order valence-electron chi connectivity index (χ2n) is 4.09. The van der Waals surface area contributed by atoms with Gasteiger partial charge in [-0.05, 0) is 18.6 Å². The number of nitrogens with two attached hydrogens (primary N) is 1. The lowest BCUT2D eigenvalue weighted by atomic mass is 10.1. The van der Waals surface area contributed by atoms with Crippen LogP contribution in [0.15, 0.2) is 48.8 Å². The quantitative estimate of drug-likeness (QED) is 0.843. The topological polar surface area (TPSA) is 50.9 Å². The molecule has 3 nitrogen and oxygen atoms in total. The smallest absolute Gasteiger partial charge is 0.0393 e. The van der Waals surface area contributed by atoms with Gasteiger partial charge in [-0.25, -0.2) is 0 Å². The van der Waals surface area contributed by atoms with Crippen LogP contribution >= 0.6 is 0 Å². The number of hydrogen-bond donors (Lipinski definition) is 2. The highest BCUT2D eigenvalue weighted by Gasteiger charge is 2.07. The van der Waals surface area contributed by atoms with Crippen molar-refractivity contribution < 1.29 is 0 Å². The highest BCUT2D eigenvalue weighted by Crippen LogP contribution is 2.18. The average Bonchev–Trinajstić information content (AvgIpc) is 2.38. The molecule has 0 fully saturated rings. The van der Waals surface area contributed by atoms with E-state index in [1.54, 1.807) is 6.20 Å². The van der Waals surface area contributed by atoms with Gasteiger partial charge in [0.25, 0.3) is 0 Å². The Hall–Kier alpha value is -1.87. The molecular formula is C14H17N3. The van der Waals surface area contributed by atoms with Crippen molar-refractivity contribution in [3.63, 3.8) is 0 Å². The molecule has 3 heteroatoms. The molecule has 0 saturated heterocycles. The molecule has 0 aliphatic heterocycles. The minimum Gasteiger partial charge on any atom is -0.398 e. The van der Waals surface area contributed by atoms with E-state index in [9.17, 15) is 0 Å². The first-order chi connectivity index (χ1) is 8.27. The fraction of sp³-hybridized carbons (Fsp3) is 0.214. The van der Waals surface area contributed by atoms with E-state index in [0.717, 1.165) is 17.8 Å². The highest BCUT2D eigenvalue weighted by molar-refractivity contribution is 5.45. The molecule has 0 saturated carbocycles. The van der Waals surface area contributed by atoms with E-state index in [1.807, 2.05) is 30.5 Å². The minimum absolute atomic E-state index is 0.198. The van der Waals surface area contributed by atoms with E-state index in [4.69, 9.17) is 5.73 Å². The van der Waals surface area contributed by atoms with Crippen molar-refractivity contribution in [2.75, 3.05) is 5.73 Å². The lowest BCUT2D eigenvalue weighted by Crippen LogP contribution is -2.19. The number of benzene rings is 1. The zero-order valence-corrected chi connectivity index (χ0v) is 9.93. The molecule has 1 heterocycles. The minimum atomic E-state index is 0.198. The predicted molar refractivity (Wildman–Crippen MR) is 70.3 cm³/mol. The van der Waals surface area contributed by atoms with Gasteiger partial charge in [-0.3, -0.25) is 4.98 Å². The summed E-state index contributed by atoms with van der Waals surface area (Å²) < 4.78 is 0. The summed E-state index contributed by atoms with van der Waals surface area (Å²) >= 11 is 0. The summed E-state index contributed by atoms with van der Waals surface area (Å²) in [5.74, 6) is 0. The van der Waals surface area contributed by atoms with Crippen LogP contribution in [-0.4, -0.2) is 4.98 Å². The summed E-state index contributed by atoms with van der Waals surface area (Å²) in [6.07, 6.45) is 3.53. The van der Waals surface area contributed by atoms with Crippen molar-refractivity contribution >= 4 is 5.69 Å². The Labute approximate surface area is 102 Å². The number of nitrogen functional groups attached to an aromatic ring is 1. The van der Waals surface area contributed by atoms with E-state index >= 15 is 0 Å². The van der Waals surface area contributed by atoms with E-state index in [0.29, 0.717) is 0 Å². The van der Waals surface area contributed by atoms with Crippen LogP contribution in [0, 0.1) is 0 Å². The van der Waals surface area contributed by atoms with E-state index in [-0.39, 0.29) is 6.04 Å². The standard InChI is InChI=1S/C14H17N3/c1-11(13-10-16-8-7-14(13)15)17-9-12-5-3-2-4-6-12/h2-8,10-11,17H,9H2,1H3,(H2,15,16). The van der Waals surface area contributed by atoms with Crippen molar-refractivity contribution in [1.82, 2.24) is 10.3 Å². The molecule has 88 valence electrons. The third-order valence-electron chi connectivity index (χ3n) is 2.81. The number of nitrogens with zero attached hydrogens (tertiary/aromatic N) is 1. The predicted octanol–water partition coefficient (Wildman–Crippen LogP) is 2.51. The first-order valence-corrected chi connectivity index (χ1v) is 5.74. The molecule has 0 aliphatic carbocycles. The maximum Gasteiger partial charge on any atom is 0.0393 e. The van der Waals surface area contributed by atoms with Crippen LogP contribution in [0.2, 0.25) is 0 Å². The number of anilines is 1. The summed E-state index contributed by atoms with van der Waals surface area (Å²) in [5.41, 5.74) is 9.01. The van der Waals surface area contributed by atoms with Crippen LogP contribution < -0.4 is 11.1 Å². The van der Waals surface area contributed by atoms with Crippen molar-refractivity contribution in [1.29, 1.82) is 0 Å². The SMILES string of the molecule is CC(NCc1ccccc1)c1cnccc1N. The van der Waals surface area contributed by atoms with Gasteiger partial charge in [0.15, 0.2) is 0 Å². The van der Waals surface area contributed by atoms with Gasteiger partial charge in [0, 0.05) is 36.2 Å². The highest BCUT2D eigenvalue weighted by atomic mass is 14.9. The molecular weight excluding hydrogens is 210 g/mol. The normalized spacial score (nSPS) is 12.3. The molecule has 1 aromatic carbocycles. The summed E-state index contributed by atoms with van der Waals surface area (Å²) in [5, 5.41) is 3.44. The first-order valence-electron chi connectivity index (χ1n) is 5.74. The third kappa shape index (κ3) is 3.04.